The smallest absolute Gasteiger partial charge is 0.407 e. The predicted molar refractivity (Wildman–Crippen MR) is 115 cm³/mol. The van der Waals surface area contributed by atoms with Crippen LogP contribution in [-0.4, -0.2) is 51.4 Å². The zero-order chi connectivity index (χ0) is 20.6. The molecule has 156 valence electrons. The minimum atomic E-state index is -0.472. The molecule has 1 amide bonds. The van der Waals surface area contributed by atoms with Crippen LogP contribution in [0.15, 0.2) is 23.2 Å². The SMILES string of the molecule is CN=C(NCCCNC(=O)OC(C)(C)C)NCc1ccc2c(c1)CCCN2C. The first-order valence-electron chi connectivity index (χ1n) is 10.0. The van der Waals surface area contributed by atoms with Crippen LogP contribution < -0.4 is 20.9 Å². The Hall–Kier alpha value is -2.44. The van der Waals surface area contributed by atoms with Crippen LogP contribution in [0.25, 0.3) is 0 Å². The molecule has 0 saturated heterocycles. The number of fused-ring (bicyclic) bond motifs is 1. The number of nitrogens with one attached hydrogen (secondary N) is 3. The van der Waals surface area contributed by atoms with Gasteiger partial charge < -0.3 is 25.6 Å². The monoisotopic (exact) mass is 389 g/mol. The lowest BCUT2D eigenvalue weighted by Crippen LogP contribution is -2.39. The first kappa shape index (κ1) is 21.9. The molecule has 0 aliphatic carbocycles. The summed E-state index contributed by atoms with van der Waals surface area (Å²) in [6.45, 7) is 8.68. The van der Waals surface area contributed by atoms with Crippen LogP contribution in [0.1, 0.15) is 44.7 Å². The number of carbonyl (C=O) groups excluding carboxylic acids is 1. The van der Waals surface area contributed by atoms with E-state index in [0.717, 1.165) is 31.9 Å². The molecule has 1 aliphatic heterocycles. The second-order valence-electron chi connectivity index (χ2n) is 8.12. The summed E-state index contributed by atoms with van der Waals surface area (Å²) in [7, 11) is 3.91. The number of benzene rings is 1. The summed E-state index contributed by atoms with van der Waals surface area (Å²) in [5, 5.41) is 9.37. The van der Waals surface area contributed by atoms with Crippen molar-refractivity contribution in [3.05, 3.63) is 29.3 Å². The number of hydrogen-bond donors (Lipinski definition) is 3. The molecule has 0 atom stereocenters. The summed E-state index contributed by atoms with van der Waals surface area (Å²) in [5.74, 6) is 0.757. The lowest BCUT2D eigenvalue weighted by molar-refractivity contribution is 0.0527. The summed E-state index contributed by atoms with van der Waals surface area (Å²) in [5.41, 5.74) is 3.54. The van der Waals surface area contributed by atoms with Gasteiger partial charge in [0.1, 0.15) is 5.60 Å². The summed E-state index contributed by atoms with van der Waals surface area (Å²) in [4.78, 5) is 18.2. The lowest BCUT2D eigenvalue weighted by atomic mass is 9.99. The Labute approximate surface area is 168 Å². The van der Waals surface area contributed by atoms with Gasteiger partial charge >= 0.3 is 6.09 Å². The highest BCUT2D eigenvalue weighted by molar-refractivity contribution is 5.79. The number of amides is 1. The van der Waals surface area contributed by atoms with Gasteiger partial charge in [0, 0.05) is 46.0 Å². The normalized spacial score (nSPS) is 14.3. The van der Waals surface area contributed by atoms with Gasteiger partial charge in [-0.15, -0.1) is 0 Å². The van der Waals surface area contributed by atoms with E-state index >= 15 is 0 Å². The van der Waals surface area contributed by atoms with Crippen LogP contribution >= 0.6 is 0 Å². The van der Waals surface area contributed by atoms with E-state index in [4.69, 9.17) is 4.74 Å². The third kappa shape index (κ3) is 7.29. The Bertz CT molecular complexity index is 682. The van der Waals surface area contributed by atoms with Gasteiger partial charge in [0.15, 0.2) is 5.96 Å². The largest absolute Gasteiger partial charge is 0.444 e. The van der Waals surface area contributed by atoms with Gasteiger partial charge in [-0.2, -0.15) is 0 Å². The number of rotatable bonds is 6. The van der Waals surface area contributed by atoms with Crippen LogP contribution in [0.5, 0.6) is 0 Å². The molecule has 1 aliphatic rings. The van der Waals surface area contributed by atoms with Crippen LogP contribution in [0.4, 0.5) is 10.5 Å². The summed E-state index contributed by atoms with van der Waals surface area (Å²) < 4.78 is 5.21. The summed E-state index contributed by atoms with van der Waals surface area (Å²) >= 11 is 0. The molecule has 28 heavy (non-hydrogen) atoms. The molecule has 0 radical (unpaired) electrons. The minimum absolute atomic E-state index is 0.381. The van der Waals surface area contributed by atoms with Crippen molar-refractivity contribution in [2.75, 3.05) is 38.6 Å². The Morgan fingerprint density at radius 1 is 1.21 bits per heavy atom. The molecule has 0 aromatic heterocycles. The van der Waals surface area contributed by atoms with Crippen molar-refractivity contribution in [2.24, 2.45) is 4.99 Å². The van der Waals surface area contributed by atoms with E-state index in [0.29, 0.717) is 13.1 Å². The molecule has 1 aromatic rings. The molecule has 7 heteroatoms. The fourth-order valence-corrected chi connectivity index (χ4v) is 3.15. The van der Waals surface area contributed by atoms with Crippen molar-refractivity contribution in [1.82, 2.24) is 16.0 Å². The van der Waals surface area contributed by atoms with Gasteiger partial charge in [-0.1, -0.05) is 12.1 Å². The third-order valence-electron chi connectivity index (χ3n) is 4.49. The predicted octanol–water partition coefficient (Wildman–Crippen LogP) is 2.65. The number of guanidine groups is 1. The Balaban J connectivity index is 1.69. The molecule has 0 saturated carbocycles. The second kappa shape index (κ2) is 10.2. The van der Waals surface area contributed by atoms with Crippen LogP contribution in [0, 0.1) is 0 Å². The molecule has 0 bridgehead atoms. The van der Waals surface area contributed by atoms with Gasteiger partial charge in [-0.3, -0.25) is 4.99 Å². The number of ether oxygens (including phenoxy) is 1. The van der Waals surface area contributed by atoms with Crippen molar-refractivity contribution >= 4 is 17.7 Å². The number of alkyl carbamates (subject to hydrolysis) is 1. The van der Waals surface area contributed by atoms with Gasteiger partial charge in [-0.25, -0.2) is 4.79 Å². The maximum absolute atomic E-state index is 11.6. The Morgan fingerprint density at radius 3 is 2.68 bits per heavy atom. The Morgan fingerprint density at radius 2 is 1.96 bits per heavy atom. The molecular formula is C21H35N5O2. The van der Waals surface area contributed by atoms with Crippen LogP contribution in [0.3, 0.4) is 0 Å². The van der Waals surface area contributed by atoms with E-state index in [1.54, 1.807) is 7.05 Å². The van der Waals surface area contributed by atoms with E-state index in [-0.39, 0.29) is 6.09 Å². The minimum Gasteiger partial charge on any atom is -0.444 e. The van der Waals surface area contributed by atoms with E-state index < -0.39 is 5.60 Å². The van der Waals surface area contributed by atoms with Gasteiger partial charge in [-0.05, 0) is 57.2 Å². The number of anilines is 1. The lowest BCUT2D eigenvalue weighted by Gasteiger charge is -2.28. The van der Waals surface area contributed by atoms with Gasteiger partial charge in [0.2, 0.25) is 0 Å². The topological polar surface area (TPSA) is 78.0 Å². The van der Waals surface area contributed by atoms with Crippen molar-refractivity contribution in [2.45, 2.75) is 52.2 Å². The molecule has 2 rings (SSSR count). The first-order chi connectivity index (χ1) is 13.3. The molecular weight excluding hydrogens is 354 g/mol. The summed E-state index contributed by atoms with van der Waals surface area (Å²) in [6.07, 6.45) is 2.75. The second-order valence-corrected chi connectivity index (χ2v) is 8.12. The highest BCUT2D eigenvalue weighted by Crippen LogP contribution is 2.26. The number of nitrogens with zero attached hydrogens (tertiary/aromatic N) is 2. The molecule has 1 aromatic carbocycles. The zero-order valence-corrected chi connectivity index (χ0v) is 17.9. The zero-order valence-electron chi connectivity index (χ0n) is 17.9. The molecule has 0 unspecified atom stereocenters. The highest BCUT2D eigenvalue weighted by atomic mass is 16.6. The van der Waals surface area contributed by atoms with Gasteiger partial charge in [0.25, 0.3) is 0 Å². The fourth-order valence-electron chi connectivity index (χ4n) is 3.15. The van der Waals surface area contributed by atoms with Crippen molar-refractivity contribution in [3.8, 4) is 0 Å². The van der Waals surface area contributed by atoms with Crippen LogP contribution in [0.2, 0.25) is 0 Å². The average Bonchev–Trinajstić information content (AvgIpc) is 2.62. The van der Waals surface area contributed by atoms with E-state index in [1.165, 1.54) is 23.2 Å². The van der Waals surface area contributed by atoms with Crippen molar-refractivity contribution in [3.63, 3.8) is 0 Å². The molecule has 7 nitrogen and oxygen atoms in total. The van der Waals surface area contributed by atoms with Crippen molar-refractivity contribution in [1.29, 1.82) is 0 Å². The van der Waals surface area contributed by atoms with E-state index in [1.807, 2.05) is 20.8 Å². The van der Waals surface area contributed by atoms with Crippen molar-refractivity contribution < 1.29 is 9.53 Å². The quantitative estimate of drug-likeness (QED) is 0.396. The van der Waals surface area contributed by atoms with Gasteiger partial charge in [0.05, 0.1) is 0 Å². The average molecular weight is 390 g/mol. The van der Waals surface area contributed by atoms with Crippen LogP contribution in [-0.2, 0) is 17.7 Å². The maximum Gasteiger partial charge on any atom is 0.407 e. The molecule has 0 fully saturated rings. The number of aryl methyl sites for hydroxylation is 1. The maximum atomic E-state index is 11.6. The fraction of sp³-hybridized carbons (Fsp3) is 0.619. The standard InChI is InChI=1S/C21H35N5O2/c1-21(2,3)28-20(27)24-12-7-11-23-19(22-4)25-15-16-9-10-18-17(14-16)8-6-13-26(18)5/h9-10,14H,6-8,11-13,15H2,1-5H3,(H,24,27)(H2,22,23,25). The summed E-state index contributed by atoms with van der Waals surface area (Å²) in [6, 6.07) is 6.67. The number of carbonyl (C=O) groups is 1. The molecule has 0 spiro atoms. The number of hydrogen-bond acceptors (Lipinski definition) is 4. The van der Waals surface area contributed by atoms with E-state index in [2.05, 4.69) is 51.1 Å². The first-order valence-corrected chi connectivity index (χ1v) is 10.0. The molecule has 3 N–H and O–H groups in total. The van der Waals surface area contributed by atoms with E-state index in [9.17, 15) is 4.79 Å². The highest BCUT2D eigenvalue weighted by Gasteiger charge is 2.15. The Kier molecular flexibility index (Phi) is 7.96. The number of aliphatic imine (C=N–C) groups is 1. The molecule has 1 heterocycles. The third-order valence-corrected chi connectivity index (χ3v) is 4.49.